The fourth-order valence-electron chi connectivity index (χ4n) is 4.15. The maximum atomic E-state index is 13.1. The molecular formula is C24H33N3O5S. The number of likely N-dealkylation sites (tertiary alicyclic amines) is 1. The van der Waals surface area contributed by atoms with Crippen molar-refractivity contribution in [2.45, 2.75) is 38.9 Å². The molecule has 0 aromatic heterocycles. The standard InChI is InChI=1S/C24H33N3O5S/c1-18(27(33(4,29)30)22-15-21(31-2)11-12-23(22)32-3)24(28)25-16-19-9-5-6-10-20(19)17-26-13-7-8-14-26/h5-6,9-12,15,18H,7-8,13-14,16-17H2,1-4H3,(H,25,28)/t18-/m0/s1. The first-order valence-electron chi connectivity index (χ1n) is 11.0. The van der Waals surface area contributed by atoms with Crippen LogP contribution < -0.4 is 19.1 Å². The summed E-state index contributed by atoms with van der Waals surface area (Å²) in [6.07, 6.45) is 3.50. The fraction of sp³-hybridized carbons (Fsp3) is 0.458. The van der Waals surface area contributed by atoms with Crippen molar-refractivity contribution in [3.8, 4) is 11.5 Å². The van der Waals surface area contributed by atoms with E-state index in [0.29, 0.717) is 18.0 Å². The van der Waals surface area contributed by atoms with Gasteiger partial charge in [0.15, 0.2) is 0 Å². The molecule has 1 N–H and O–H groups in total. The van der Waals surface area contributed by atoms with Crippen molar-refractivity contribution in [1.82, 2.24) is 10.2 Å². The third-order valence-electron chi connectivity index (χ3n) is 5.88. The number of hydrogen-bond donors (Lipinski definition) is 1. The Morgan fingerprint density at radius 2 is 1.76 bits per heavy atom. The van der Waals surface area contributed by atoms with Crippen LogP contribution in [-0.4, -0.2) is 58.8 Å². The molecule has 3 rings (SSSR count). The minimum atomic E-state index is -3.80. The fourth-order valence-corrected chi connectivity index (χ4v) is 5.32. The third kappa shape index (κ3) is 6.17. The van der Waals surface area contributed by atoms with Crippen LogP contribution in [0, 0.1) is 0 Å². The predicted molar refractivity (Wildman–Crippen MR) is 129 cm³/mol. The highest BCUT2D eigenvalue weighted by molar-refractivity contribution is 7.92. The van der Waals surface area contributed by atoms with E-state index in [1.807, 2.05) is 18.2 Å². The van der Waals surface area contributed by atoms with Crippen LogP contribution >= 0.6 is 0 Å². The summed E-state index contributed by atoms with van der Waals surface area (Å²) in [6.45, 7) is 4.90. The third-order valence-corrected chi connectivity index (χ3v) is 7.10. The van der Waals surface area contributed by atoms with E-state index in [1.165, 1.54) is 32.6 Å². The van der Waals surface area contributed by atoms with Gasteiger partial charge in [0.25, 0.3) is 0 Å². The number of rotatable bonds is 10. The second-order valence-electron chi connectivity index (χ2n) is 8.24. The lowest BCUT2D eigenvalue weighted by Crippen LogP contribution is -2.47. The molecule has 1 amide bonds. The molecule has 1 aliphatic heterocycles. The van der Waals surface area contributed by atoms with Crippen LogP contribution in [0.4, 0.5) is 5.69 Å². The Balaban J connectivity index is 1.79. The highest BCUT2D eigenvalue weighted by atomic mass is 32.2. The second kappa shape index (κ2) is 10.9. The van der Waals surface area contributed by atoms with Gasteiger partial charge in [0, 0.05) is 19.2 Å². The number of nitrogens with one attached hydrogen (secondary N) is 1. The summed E-state index contributed by atoms with van der Waals surface area (Å²) in [6, 6.07) is 11.9. The van der Waals surface area contributed by atoms with Gasteiger partial charge in [0.2, 0.25) is 15.9 Å². The van der Waals surface area contributed by atoms with Gasteiger partial charge in [0.1, 0.15) is 17.5 Å². The first-order chi connectivity index (χ1) is 15.7. The molecular weight excluding hydrogens is 442 g/mol. The molecule has 180 valence electrons. The number of carbonyl (C=O) groups excluding carboxylic acids is 1. The van der Waals surface area contributed by atoms with E-state index >= 15 is 0 Å². The zero-order chi connectivity index (χ0) is 24.0. The molecule has 2 aromatic rings. The molecule has 1 atom stereocenters. The summed E-state index contributed by atoms with van der Waals surface area (Å²) in [7, 11) is -0.852. The molecule has 1 aliphatic rings. The van der Waals surface area contributed by atoms with Crippen molar-refractivity contribution in [3.63, 3.8) is 0 Å². The number of amides is 1. The lowest BCUT2D eigenvalue weighted by atomic mass is 10.1. The van der Waals surface area contributed by atoms with Crippen molar-refractivity contribution < 1.29 is 22.7 Å². The zero-order valence-corrected chi connectivity index (χ0v) is 20.5. The molecule has 0 saturated carbocycles. The van der Waals surface area contributed by atoms with E-state index in [1.54, 1.807) is 25.1 Å². The van der Waals surface area contributed by atoms with Gasteiger partial charge >= 0.3 is 0 Å². The molecule has 0 bridgehead atoms. The van der Waals surface area contributed by atoms with Gasteiger partial charge in [-0.25, -0.2) is 8.42 Å². The van der Waals surface area contributed by atoms with Crippen molar-refractivity contribution in [3.05, 3.63) is 53.6 Å². The molecule has 0 spiro atoms. The highest BCUT2D eigenvalue weighted by Gasteiger charge is 2.31. The largest absolute Gasteiger partial charge is 0.497 e. The maximum Gasteiger partial charge on any atom is 0.243 e. The minimum Gasteiger partial charge on any atom is -0.497 e. The summed E-state index contributed by atoms with van der Waals surface area (Å²) >= 11 is 0. The number of sulfonamides is 1. The Kier molecular flexibility index (Phi) is 8.20. The summed E-state index contributed by atoms with van der Waals surface area (Å²) in [5.74, 6) is 0.390. The van der Waals surface area contributed by atoms with Crippen LogP contribution in [-0.2, 0) is 27.9 Å². The number of hydrogen-bond acceptors (Lipinski definition) is 6. The van der Waals surface area contributed by atoms with Gasteiger partial charge in [-0.15, -0.1) is 0 Å². The van der Waals surface area contributed by atoms with Crippen LogP contribution in [0.1, 0.15) is 30.9 Å². The smallest absolute Gasteiger partial charge is 0.243 e. The number of methoxy groups -OCH3 is 2. The molecule has 0 radical (unpaired) electrons. The first-order valence-corrected chi connectivity index (χ1v) is 12.9. The summed E-state index contributed by atoms with van der Waals surface area (Å²) < 4.78 is 37.1. The summed E-state index contributed by atoms with van der Waals surface area (Å²) in [5, 5.41) is 2.92. The summed E-state index contributed by atoms with van der Waals surface area (Å²) in [5.41, 5.74) is 2.44. The van der Waals surface area contributed by atoms with Gasteiger partial charge in [-0.1, -0.05) is 24.3 Å². The molecule has 33 heavy (non-hydrogen) atoms. The van der Waals surface area contributed by atoms with E-state index < -0.39 is 22.0 Å². The molecule has 1 saturated heterocycles. The van der Waals surface area contributed by atoms with Crippen molar-refractivity contribution in [1.29, 1.82) is 0 Å². The normalized spacial score (nSPS) is 15.2. The Labute approximate surface area is 196 Å². The second-order valence-corrected chi connectivity index (χ2v) is 10.1. The Bertz CT molecular complexity index is 1070. The average molecular weight is 476 g/mol. The highest BCUT2D eigenvalue weighted by Crippen LogP contribution is 2.35. The van der Waals surface area contributed by atoms with Crippen LogP contribution in [0.15, 0.2) is 42.5 Å². The lowest BCUT2D eigenvalue weighted by molar-refractivity contribution is -0.122. The van der Waals surface area contributed by atoms with Crippen molar-refractivity contribution in [2.75, 3.05) is 37.9 Å². The van der Waals surface area contributed by atoms with E-state index in [-0.39, 0.29) is 5.69 Å². The molecule has 0 aliphatic carbocycles. The minimum absolute atomic E-state index is 0.247. The Morgan fingerprint density at radius 3 is 2.36 bits per heavy atom. The number of carbonyl (C=O) groups is 1. The zero-order valence-electron chi connectivity index (χ0n) is 19.7. The van der Waals surface area contributed by atoms with Crippen LogP contribution in [0.5, 0.6) is 11.5 Å². The van der Waals surface area contributed by atoms with Gasteiger partial charge in [-0.3, -0.25) is 14.0 Å². The van der Waals surface area contributed by atoms with E-state index in [0.717, 1.165) is 35.8 Å². The number of nitrogens with zero attached hydrogens (tertiary/aromatic N) is 2. The Hall–Kier alpha value is -2.78. The topological polar surface area (TPSA) is 88.2 Å². The molecule has 0 unspecified atom stereocenters. The van der Waals surface area contributed by atoms with E-state index in [4.69, 9.17) is 9.47 Å². The van der Waals surface area contributed by atoms with Gasteiger partial charge < -0.3 is 14.8 Å². The molecule has 8 nitrogen and oxygen atoms in total. The molecule has 1 heterocycles. The predicted octanol–water partition coefficient (Wildman–Crippen LogP) is 2.77. The van der Waals surface area contributed by atoms with Crippen molar-refractivity contribution >= 4 is 21.6 Å². The van der Waals surface area contributed by atoms with Gasteiger partial charge in [-0.05, 0) is 56.1 Å². The number of benzene rings is 2. The SMILES string of the molecule is COc1ccc(OC)c(N([C@@H](C)C(=O)NCc2ccccc2CN2CCCC2)S(C)(=O)=O)c1. The molecule has 9 heteroatoms. The molecule has 1 fully saturated rings. The van der Waals surface area contributed by atoms with Crippen molar-refractivity contribution in [2.24, 2.45) is 0 Å². The maximum absolute atomic E-state index is 13.1. The number of ether oxygens (including phenoxy) is 2. The molecule has 2 aromatic carbocycles. The monoisotopic (exact) mass is 475 g/mol. The quantitative estimate of drug-likeness (QED) is 0.569. The van der Waals surface area contributed by atoms with E-state index in [9.17, 15) is 13.2 Å². The number of anilines is 1. The van der Waals surface area contributed by atoms with E-state index in [2.05, 4.69) is 16.3 Å². The summed E-state index contributed by atoms with van der Waals surface area (Å²) in [4.78, 5) is 15.5. The van der Waals surface area contributed by atoms with Gasteiger partial charge in [0.05, 0.1) is 26.2 Å². The Morgan fingerprint density at radius 1 is 1.09 bits per heavy atom. The first kappa shape index (κ1) is 24.9. The average Bonchev–Trinajstić information content (AvgIpc) is 3.30. The lowest BCUT2D eigenvalue weighted by Gasteiger charge is -2.29. The van der Waals surface area contributed by atoms with Crippen LogP contribution in [0.25, 0.3) is 0 Å². The van der Waals surface area contributed by atoms with Crippen LogP contribution in [0.3, 0.4) is 0 Å². The van der Waals surface area contributed by atoms with Gasteiger partial charge in [-0.2, -0.15) is 0 Å². The van der Waals surface area contributed by atoms with Crippen LogP contribution in [0.2, 0.25) is 0 Å².